The smallest absolute Gasteiger partial charge is 0.250 e. The number of benzene rings is 2. The van der Waals surface area contributed by atoms with E-state index in [1.165, 1.54) is 0 Å². The molecule has 0 amide bonds. The third-order valence-corrected chi connectivity index (χ3v) is 5.16. The Labute approximate surface area is 178 Å². The topological polar surface area (TPSA) is 78.3 Å². The van der Waals surface area contributed by atoms with Gasteiger partial charge >= 0.3 is 0 Å². The van der Waals surface area contributed by atoms with E-state index >= 15 is 0 Å². The lowest BCUT2D eigenvalue weighted by molar-refractivity contribution is 0.882. The Morgan fingerprint density at radius 2 is 1.62 bits per heavy atom. The Kier molecular flexibility index (Phi) is 6.00. The number of para-hydroxylation sites is 1. The minimum Gasteiger partial charge on any atom is -0.341 e. The van der Waals surface area contributed by atoms with E-state index in [0.29, 0.717) is 17.8 Å². The van der Waals surface area contributed by atoms with Gasteiger partial charge < -0.3 is 10.2 Å². The summed E-state index contributed by atoms with van der Waals surface area (Å²) >= 11 is 3.45. The Balaban J connectivity index is 1.59. The van der Waals surface area contributed by atoms with Crippen molar-refractivity contribution in [2.75, 3.05) is 28.7 Å². The predicted molar refractivity (Wildman–Crippen MR) is 121 cm³/mol. The zero-order valence-electron chi connectivity index (χ0n) is 16.1. The predicted octanol–water partition coefficient (Wildman–Crippen LogP) is 4.81. The highest BCUT2D eigenvalue weighted by atomic mass is 79.9. The lowest BCUT2D eigenvalue weighted by Gasteiger charge is -2.16. The molecule has 0 unspecified atom stereocenters. The minimum atomic E-state index is 0.414. The molecular formula is C21H22BrN7. The SMILES string of the molecule is C/C(=N/Nc1nc(Nc2ccccc2)nc(N2CCCC2)n1)c1ccc(Br)cc1. The molecule has 1 aliphatic heterocycles. The van der Waals surface area contributed by atoms with Gasteiger partial charge in [0.2, 0.25) is 17.8 Å². The van der Waals surface area contributed by atoms with Crippen LogP contribution in [0, 0.1) is 0 Å². The van der Waals surface area contributed by atoms with Crippen LogP contribution in [0.1, 0.15) is 25.3 Å². The van der Waals surface area contributed by atoms with Gasteiger partial charge in [-0.1, -0.05) is 46.3 Å². The number of anilines is 4. The lowest BCUT2D eigenvalue weighted by atomic mass is 10.1. The van der Waals surface area contributed by atoms with Gasteiger partial charge in [-0.15, -0.1) is 0 Å². The molecule has 148 valence electrons. The molecule has 0 aliphatic carbocycles. The summed E-state index contributed by atoms with van der Waals surface area (Å²) in [5.41, 5.74) is 5.79. The number of nitrogens with zero attached hydrogens (tertiary/aromatic N) is 5. The first-order chi connectivity index (χ1) is 14.2. The van der Waals surface area contributed by atoms with E-state index in [2.05, 4.69) is 51.6 Å². The first kappa shape index (κ1) is 19.3. The quantitative estimate of drug-likeness (QED) is 0.413. The molecule has 1 aromatic heterocycles. The average Bonchev–Trinajstić information content (AvgIpc) is 3.28. The van der Waals surface area contributed by atoms with Gasteiger partial charge in [-0.2, -0.15) is 20.1 Å². The fourth-order valence-electron chi connectivity index (χ4n) is 3.07. The molecule has 1 saturated heterocycles. The molecule has 8 heteroatoms. The van der Waals surface area contributed by atoms with Crippen molar-refractivity contribution < 1.29 is 0 Å². The molecule has 0 bridgehead atoms. The van der Waals surface area contributed by atoms with Crippen LogP contribution >= 0.6 is 15.9 Å². The van der Waals surface area contributed by atoms with Crippen LogP contribution in [0.5, 0.6) is 0 Å². The van der Waals surface area contributed by atoms with Crippen LogP contribution in [-0.2, 0) is 0 Å². The van der Waals surface area contributed by atoms with E-state index in [-0.39, 0.29) is 0 Å². The van der Waals surface area contributed by atoms with Crippen LogP contribution in [0.4, 0.5) is 23.5 Å². The normalized spacial score (nSPS) is 14.1. The Hall–Kier alpha value is -3.00. The molecule has 3 aromatic rings. The van der Waals surface area contributed by atoms with E-state index in [1.54, 1.807) is 0 Å². The standard InChI is InChI=1S/C21H22BrN7/c1-15(16-9-11-17(22)12-10-16)27-28-20-24-19(23-18-7-3-2-4-8-18)25-21(26-20)29-13-5-6-14-29/h2-4,7-12H,5-6,13-14H2,1H3,(H2,23,24,25,26,28)/b27-15-. The number of rotatable bonds is 6. The maximum Gasteiger partial charge on any atom is 0.250 e. The van der Waals surface area contributed by atoms with Crippen molar-refractivity contribution in [3.63, 3.8) is 0 Å². The Morgan fingerprint density at radius 3 is 2.34 bits per heavy atom. The molecule has 0 saturated carbocycles. The molecule has 4 rings (SSSR count). The molecular weight excluding hydrogens is 430 g/mol. The zero-order chi connectivity index (χ0) is 20.1. The highest BCUT2D eigenvalue weighted by Gasteiger charge is 2.17. The van der Waals surface area contributed by atoms with E-state index < -0.39 is 0 Å². The first-order valence-electron chi connectivity index (χ1n) is 9.57. The van der Waals surface area contributed by atoms with E-state index in [1.807, 2.05) is 61.5 Å². The highest BCUT2D eigenvalue weighted by molar-refractivity contribution is 9.10. The summed E-state index contributed by atoms with van der Waals surface area (Å²) in [5.74, 6) is 1.57. The maximum absolute atomic E-state index is 4.60. The van der Waals surface area contributed by atoms with Crippen molar-refractivity contribution in [3.8, 4) is 0 Å². The van der Waals surface area contributed by atoms with E-state index in [9.17, 15) is 0 Å². The van der Waals surface area contributed by atoms with Gasteiger partial charge in [0.05, 0.1) is 5.71 Å². The van der Waals surface area contributed by atoms with Crippen molar-refractivity contribution in [2.24, 2.45) is 5.10 Å². The summed E-state index contributed by atoms with van der Waals surface area (Å²) in [4.78, 5) is 15.8. The van der Waals surface area contributed by atoms with Crippen LogP contribution in [-0.4, -0.2) is 33.8 Å². The number of nitrogens with one attached hydrogen (secondary N) is 2. The van der Waals surface area contributed by atoms with Crippen molar-refractivity contribution in [3.05, 3.63) is 64.6 Å². The average molecular weight is 452 g/mol. The summed E-state index contributed by atoms with van der Waals surface area (Å²) in [6, 6.07) is 17.9. The summed E-state index contributed by atoms with van der Waals surface area (Å²) in [6.07, 6.45) is 2.30. The second-order valence-electron chi connectivity index (χ2n) is 6.78. The molecule has 0 spiro atoms. The fourth-order valence-corrected chi connectivity index (χ4v) is 3.33. The number of halogens is 1. The molecule has 1 fully saturated rings. The summed E-state index contributed by atoms with van der Waals surface area (Å²) < 4.78 is 1.03. The van der Waals surface area contributed by atoms with Gasteiger partial charge in [-0.3, -0.25) is 0 Å². The Morgan fingerprint density at radius 1 is 0.931 bits per heavy atom. The van der Waals surface area contributed by atoms with E-state index in [0.717, 1.165) is 47.4 Å². The molecule has 2 N–H and O–H groups in total. The molecule has 0 atom stereocenters. The summed E-state index contributed by atoms with van der Waals surface area (Å²) in [6.45, 7) is 3.85. The van der Waals surface area contributed by atoms with Crippen molar-refractivity contribution in [1.82, 2.24) is 15.0 Å². The van der Waals surface area contributed by atoms with E-state index in [4.69, 9.17) is 0 Å². The molecule has 2 aromatic carbocycles. The van der Waals surface area contributed by atoms with Gasteiger partial charge in [0.25, 0.3) is 0 Å². The van der Waals surface area contributed by atoms with Gasteiger partial charge in [0.1, 0.15) is 0 Å². The lowest BCUT2D eigenvalue weighted by Crippen LogP contribution is -2.22. The number of hydrogen-bond donors (Lipinski definition) is 2. The monoisotopic (exact) mass is 451 g/mol. The maximum atomic E-state index is 4.60. The fraction of sp³-hybridized carbons (Fsp3) is 0.238. The second kappa shape index (κ2) is 9.00. The number of hydrazone groups is 1. The molecule has 1 aliphatic rings. The van der Waals surface area contributed by atoms with Crippen LogP contribution < -0.4 is 15.6 Å². The third-order valence-electron chi connectivity index (χ3n) is 4.63. The third kappa shape index (κ3) is 5.08. The van der Waals surface area contributed by atoms with Crippen LogP contribution in [0.2, 0.25) is 0 Å². The van der Waals surface area contributed by atoms with Crippen LogP contribution in [0.15, 0.2) is 64.2 Å². The van der Waals surface area contributed by atoms with Gasteiger partial charge in [0, 0.05) is 23.2 Å². The minimum absolute atomic E-state index is 0.414. The molecule has 29 heavy (non-hydrogen) atoms. The largest absolute Gasteiger partial charge is 0.341 e. The van der Waals surface area contributed by atoms with Gasteiger partial charge in [-0.25, -0.2) is 5.43 Å². The second-order valence-corrected chi connectivity index (χ2v) is 7.70. The van der Waals surface area contributed by atoms with Crippen LogP contribution in [0.3, 0.4) is 0 Å². The molecule has 2 heterocycles. The summed E-state index contributed by atoms with van der Waals surface area (Å²) in [5, 5.41) is 7.71. The zero-order valence-corrected chi connectivity index (χ0v) is 17.7. The van der Waals surface area contributed by atoms with Crippen molar-refractivity contribution in [1.29, 1.82) is 0 Å². The van der Waals surface area contributed by atoms with Gasteiger partial charge in [0.15, 0.2) is 0 Å². The highest BCUT2D eigenvalue weighted by Crippen LogP contribution is 2.21. The number of hydrogen-bond acceptors (Lipinski definition) is 7. The summed E-state index contributed by atoms with van der Waals surface area (Å²) in [7, 11) is 0. The Bertz CT molecular complexity index is 984. The number of aromatic nitrogens is 3. The van der Waals surface area contributed by atoms with Gasteiger partial charge in [-0.05, 0) is 49.6 Å². The molecule has 7 nitrogen and oxygen atoms in total. The van der Waals surface area contributed by atoms with Crippen molar-refractivity contribution >= 4 is 45.2 Å². The van der Waals surface area contributed by atoms with Crippen LogP contribution in [0.25, 0.3) is 0 Å². The first-order valence-corrected chi connectivity index (χ1v) is 10.4. The van der Waals surface area contributed by atoms with Crippen molar-refractivity contribution in [2.45, 2.75) is 19.8 Å². The molecule has 0 radical (unpaired) electrons.